The molecule has 0 fully saturated rings. The summed E-state index contributed by atoms with van der Waals surface area (Å²) in [5.41, 5.74) is 0. The molecule has 6 nitrogen and oxygen atoms in total. The SMILES string of the molecule is COC(=O)c1ccc(CNC(CC(C)C)C(=O)OC)o1. The van der Waals surface area contributed by atoms with Gasteiger partial charge in [-0.15, -0.1) is 0 Å². The monoisotopic (exact) mass is 283 g/mol. The average molecular weight is 283 g/mol. The molecule has 0 aliphatic rings. The third-order valence-electron chi connectivity index (χ3n) is 2.76. The van der Waals surface area contributed by atoms with Gasteiger partial charge in [-0.25, -0.2) is 4.79 Å². The van der Waals surface area contributed by atoms with E-state index >= 15 is 0 Å². The van der Waals surface area contributed by atoms with E-state index in [1.807, 2.05) is 13.8 Å². The van der Waals surface area contributed by atoms with Crippen LogP contribution in [0, 0.1) is 5.92 Å². The molecule has 1 heterocycles. The Bertz CT molecular complexity index is 452. The molecule has 6 heteroatoms. The highest BCUT2D eigenvalue weighted by molar-refractivity contribution is 5.86. The van der Waals surface area contributed by atoms with E-state index in [0.29, 0.717) is 24.6 Å². The van der Waals surface area contributed by atoms with Crippen molar-refractivity contribution in [3.05, 3.63) is 23.7 Å². The Morgan fingerprint density at radius 2 is 1.95 bits per heavy atom. The van der Waals surface area contributed by atoms with Gasteiger partial charge in [0.1, 0.15) is 11.8 Å². The van der Waals surface area contributed by atoms with Gasteiger partial charge in [0.2, 0.25) is 5.76 Å². The Morgan fingerprint density at radius 3 is 2.50 bits per heavy atom. The highest BCUT2D eigenvalue weighted by atomic mass is 16.5. The highest BCUT2D eigenvalue weighted by Gasteiger charge is 2.20. The number of carbonyl (C=O) groups is 2. The molecule has 0 aliphatic carbocycles. The quantitative estimate of drug-likeness (QED) is 0.768. The lowest BCUT2D eigenvalue weighted by Crippen LogP contribution is -2.38. The summed E-state index contributed by atoms with van der Waals surface area (Å²) in [6.07, 6.45) is 0.664. The summed E-state index contributed by atoms with van der Waals surface area (Å²) in [4.78, 5) is 22.9. The zero-order chi connectivity index (χ0) is 15.1. The van der Waals surface area contributed by atoms with Gasteiger partial charge < -0.3 is 13.9 Å². The zero-order valence-electron chi connectivity index (χ0n) is 12.3. The van der Waals surface area contributed by atoms with Gasteiger partial charge in [-0.2, -0.15) is 0 Å². The van der Waals surface area contributed by atoms with Crippen LogP contribution in [0.4, 0.5) is 0 Å². The van der Waals surface area contributed by atoms with E-state index in [2.05, 4.69) is 10.1 Å². The fraction of sp³-hybridized carbons (Fsp3) is 0.571. The zero-order valence-corrected chi connectivity index (χ0v) is 12.3. The molecule has 0 bridgehead atoms. The molecule has 1 aromatic heterocycles. The minimum absolute atomic E-state index is 0.141. The molecule has 1 unspecified atom stereocenters. The van der Waals surface area contributed by atoms with Crippen LogP contribution in [0.25, 0.3) is 0 Å². The van der Waals surface area contributed by atoms with Crippen LogP contribution in [-0.4, -0.2) is 32.2 Å². The number of nitrogens with one attached hydrogen (secondary N) is 1. The molecular weight excluding hydrogens is 262 g/mol. The van der Waals surface area contributed by atoms with Crippen LogP contribution in [0.5, 0.6) is 0 Å². The number of rotatable bonds is 7. The molecule has 0 amide bonds. The first kappa shape index (κ1) is 16.2. The topological polar surface area (TPSA) is 77.8 Å². The van der Waals surface area contributed by atoms with Crippen molar-refractivity contribution in [1.82, 2.24) is 5.32 Å². The van der Waals surface area contributed by atoms with E-state index in [0.717, 1.165) is 0 Å². The van der Waals surface area contributed by atoms with Crippen LogP contribution in [0.15, 0.2) is 16.5 Å². The average Bonchev–Trinajstić information content (AvgIpc) is 2.90. The minimum atomic E-state index is -0.525. The lowest BCUT2D eigenvalue weighted by Gasteiger charge is -2.17. The summed E-state index contributed by atoms with van der Waals surface area (Å²) >= 11 is 0. The molecule has 0 aromatic carbocycles. The van der Waals surface area contributed by atoms with Crippen LogP contribution < -0.4 is 5.32 Å². The molecule has 0 saturated carbocycles. The molecule has 1 atom stereocenters. The number of hydrogen-bond donors (Lipinski definition) is 1. The first-order valence-electron chi connectivity index (χ1n) is 6.46. The fourth-order valence-electron chi connectivity index (χ4n) is 1.78. The number of esters is 2. The van der Waals surface area contributed by atoms with E-state index in [1.165, 1.54) is 14.2 Å². The van der Waals surface area contributed by atoms with Crippen molar-refractivity contribution in [2.75, 3.05) is 14.2 Å². The summed E-state index contributed by atoms with van der Waals surface area (Å²) in [7, 11) is 2.65. The van der Waals surface area contributed by atoms with Gasteiger partial charge in [-0.3, -0.25) is 10.1 Å². The Hall–Kier alpha value is -1.82. The Morgan fingerprint density at radius 1 is 1.25 bits per heavy atom. The molecule has 0 saturated heterocycles. The van der Waals surface area contributed by atoms with E-state index in [-0.39, 0.29) is 11.7 Å². The second-order valence-electron chi connectivity index (χ2n) is 4.84. The third kappa shape index (κ3) is 4.70. The maximum atomic E-state index is 11.6. The van der Waals surface area contributed by atoms with Gasteiger partial charge in [0.25, 0.3) is 0 Å². The molecule has 112 valence electrons. The predicted octanol–water partition coefficient (Wildman–Crippen LogP) is 1.74. The van der Waals surface area contributed by atoms with E-state index in [4.69, 9.17) is 9.15 Å². The van der Waals surface area contributed by atoms with Crippen molar-refractivity contribution in [1.29, 1.82) is 0 Å². The highest BCUT2D eigenvalue weighted by Crippen LogP contribution is 2.11. The molecule has 1 rings (SSSR count). The molecule has 1 N–H and O–H groups in total. The Balaban J connectivity index is 2.60. The van der Waals surface area contributed by atoms with Crippen molar-refractivity contribution in [3.8, 4) is 0 Å². The van der Waals surface area contributed by atoms with E-state index < -0.39 is 12.0 Å². The van der Waals surface area contributed by atoms with Gasteiger partial charge in [0, 0.05) is 0 Å². The maximum Gasteiger partial charge on any atom is 0.373 e. The van der Waals surface area contributed by atoms with Crippen molar-refractivity contribution in [2.24, 2.45) is 5.92 Å². The summed E-state index contributed by atoms with van der Waals surface area (Å²) in [5, 5.41) is 3.07. The van der Waals surface area contributed by atoms with Crippen molar-refractivity contribution < 1.29 is 23.5 Å². The first-order chi connectivity index (χ1) is 9.47. The molecule has 0 aliphatic heterocycles. The number of carbonyl (C=O) groups excluding carboxylic acids is 2. The van der Waals surface area contributed by atoms with Gasteiger partial charge in [0.05, 0.1) is 20.8 Å². The van der Waals surface area contributed by atoms with Crippen LogP contribution in [-0.2, 0) is 20.8 Å². The van der Waals surface area contributed by atoms with Gasteiger partial charge in [-0.1, -0.05) is 13.8 Å². The third-order valence-corrected chi connectivity index (χ3v) is 2.76. The van der Waals surface area contributed by atoms with Crippen molar-refractivity contribution in [2.45, 2.75) is 32.9 Å². The summed E-state index contributed by atoms with van der Waals surface area (Å²) < 4.78 is 14.6. The Labute approximate surface area is 118 Å². The van der Waals surface area contributed by atoms with E-state index in [9.17, 15) is 9.59 Å². The van der Waals surface area contributed by atoms with Crippen molar-refractivity contribution in [3.63, 3.8) is 0 Å². The molecular formula is C14H21NO5. The predicted molar refractivity (Wildman–Crippen MR) is 72.1 cm³/mol. The number of methoxy groups -OCH3 is 2. The van der Waals surface area contributed by atoms with Crippen LogP contribution in [0.3, 0.4) is 0 Å². The number of ether oxygens (including phenoxy) is 2. The van der Waals surface area contributed by atoms with Crippen LogP contribution in [0.2, 0.25) is 0 Å². The van der Waals surface area contributed by atoms with Gasteiger partial charge in [-0.05, 0) is 24.5 Å². The smallest absolute Gasteiger partial charge is 0.373 e. The van der Waals surface area contributed by atoms with E-state index in [1.54, 1.807) is 12.1 Å². The molecule has 0 radical (unpaired) electrons. The van der Waals surface area contributed by atoms with Crippen molar-refractivity contribution >= 4 is 11.9 Å². The van der Waals surface area contributed by atoms with Crippen LogP contribution in [0.1, 0.15) is 36.6 Å². The van der Waals surface area contributed by atoms with Crippen LogP contribution >= 0.6 is 0 Å². The lowest BCUT2D eigenvalue weighted by atomic mass is 10.0. The normalized spacial score (nSPS) is 12.2. The molecule has 20 heavy (non-hydrogen) atoms. The Kier molecular flexibility index (Phi) is 6.24. The maximum absolute atomic E-state index is 11.6. The fourth-order valence-corrected chi connectivity index (χ4v) is 1.78. The summed E-state index contributed by atoms with van der Waals surface area (Å²) in [6, 6.07) is 2.81. The van der Waals surface area contributed by atoms with Gasteiger partial charge >= 0.3 is 11.9 Å². The number of furan rings is 1. The number of hydrogen-bond acceptors (Lipinski definition) is 6. The van der Waals surface area contributed by atoms with Gasteiger partial charge in [0.15, 0.2) is 0 Å². The molecule has 1 aromatic rings. The standard InChI is InChI=1S/C14H21NO5/c1-9(2)7-11(13(16)18-3)15-8-10-5-6-12(20-10)14(17)19-4/h5-6,9,11,15H,7-8H2,1-4H3. The largest absolute Gasteiger partial charge is 0.468 e. The minimum Gasteiger partial charge on any atom is -0.468 e. The summed E-state index contributed by atoms with van der Waals surface area (Å²) in [6.45, 7) is 4.39. The second kappa shape index (κ2) is 7.69. The molecule has 0 spiro atoms. The second-order valence-corrected chi connectivity index (χ2v) is 4.84. The summed E-state index contributed by atoms with van der Waals surface area (Å²) in [5.74, 6) is 0.223. The first-order valence-corrected chi connectivity index (χ1v) is 6.46. The lowest BCUT2D eigenvalue weighted by molar-refractivity contribution is -0.143.